The number of aromatic nitrogens is 1. The summed E-state index contributed by atoms with van der Waals surface area (Å²) < 4.78 is 33.1. The van der Waals surface area contributed by atoms with Crippen molar-refractivity contribution in [2.45, 2.75) is 38.1 Å². The molecule has 0 saturated heterocycles. The van der Waals surface area contributed by atoms with Crippen molar-refractivity contribution in [2.24, 2.45) is 4.99 Å². The zero-order valence-corrected chi connectivity index (χ0v) is 19.6. The Morgan fingerprint density at radius 3 is 2.58 bits per heavy atom. The van der Waals surface area contributed by atoms with E-state index in [-0.39, 0.29) is 29.4 Å². The number of allylic oxidation sites excluding steroid dienone is 1. The molecule has 31 heavy (non-hydrogen) atoms. The minimum atomic E-state index is -3.47. The van der Waals surface area contributed by atoms with Crippen LogP contribution in [0.15, 0.2) is 58.9 Å². The number of benzene rings is 2. The number of sulfone groups is 1. The van der Waals surface area contributed by atoms with Gasteiger partial charge in [-0.3, -0.25) is 4.79 Å². The summed E-state index contributed by atoms with van der Waals surface area (Å²) in [6.07, 6.45) is 2.05. The van der Waals surface area contributed by atoms with Crippen molar-refractivity contribution < 1.29 is 17.9 Å². The van der Waals surface area contributed by atoms with Gasteiger partial charge in [0.2, 0.25) is 5.91 Å². The van der Waals surface area contributed by atoms with E-state index in [4.69, 9.17) is 4.74 Å². The van der Waals surface area contributed by atoms with E-state index in [9.17, 15) is 13.2 Å². The van der Waals surface area contributed by atoms with E-state index >= 15 is 0 Å². The molecule has 164 valence electrons. The van der Waals surface area contributed by atoms with E-state index < -0.39 is 9.84 Å². The van der Waals surface area contributed by atoms with Crippen LogP contribution < -0.4 is 9.54 Å². The van der Waals surface area contributed by atoms with Crippen LogP contribution in [0, 0.1) is 13.8 Å². The van der Waals surface area contributed by atoms with Gasteiger partial charge in [-0.15, -0.1) is 6.58 Å². The van der Waals surface area contributed by atoms with Gasteiger partial charge in [0, 0.05) is 13.0 Å². The molecule has 0 atom stereocenters. The molecule has 6 nitrogen and oxygen atoms in total. The summed E-state index contributed by atoms with van der Waals surface area (Å²) in [6.45, 7) is 8.43. The van der Waals surface area contributed by atoms with Gasteiger partial charge in [-0.2, -0.15) is 4.99 Å². The lowest BCUT2D eigenvalue weighted by Crippen LogP contribution is -2.16. The van der Waals surface area contributed by atoms with Gasteiger partial charge >= 0.3 is 0 Å². The number of hydrogen-bond acceptors (Lipinski definition) is 5. The highest BCUT2D eigenvalue weighted by Gasteiger charge is 2.15. The molecule has 0 N–H and O–H groups in total. The molecular weight excluding hydrogens is 432 g/mol. The summed E-state index contributed by atoms with van der Waals surface area (Å²) in [5.74, 6) is 0.149. The largest absolute Gasteiger partial charge is 0.497 e. The predicted molar refractivity (Wildman–Crippen MR) is 124 cm³/mol. The topological polar surface area (TPSA) is 77.7 Å². The minimum absolute atomic E-state index is 0.0652. The number of ether oxygens (including phenoxy) is 1. The zero-order chi connectivity index (χ0) is 22.6. The number of thiazole rings is 1. The zero-order valence-electron chi connectivity index (χ0n) is 17.9. The molecule has 0 aliphatic heterocycles. The maximum absolute atomic E-state index is 12.5. The number of fused-ring (bicyclic) bond motifs is 1. The fourth-order valence-corrected chi connectivity index (χ4v) is 5.80. The highest BCUT2D eigenvalue weighted by molar-refractivity contribution is 7.91. The highest BCUT2D eigenvalue weighted by atomic mass is 32.2. The second kappa shape index (κ2) is 9.62. The molecule has 8 heteroatoms. The summed E-state index contributed by atoms with van der Waals surface area (Å²) >= 11 is 1.46. The highest BCUT2D eigenvalue weighted by Crippen LogP contribution is 2.23. The van der Waals surface area contributed by atoms with Gasteiger partial charge in [-0.1, -0.05) is 23.5 Å². The van der Waals surface area contributed by atoms with Crippen LogP contribution in [0.1, 0.15) is 24.0 Å². The van der Waals surface area contributed by atoms with Crippen LogP contribution >= 0.6 is 11.3 Å². The quantitative estimate of drug-likeness (QED) is 0.474. The Morgan fingerprint density at radius 1 is 1.23 bits per heavy atom. The van der Waals surface area contributed by atoms with E-state index in [0.717, 1.165) is 21.3 Å². The minimum Gasteiger partial charge on any atom is -0.497 e. The number of amides is 1. The van der Waals surface area contributed by atoms with E-state index in [2.05, 4.69) is 23.7 Å². The van der Waals surface area contributed by atoms with Crippen molar-refractivity contribution >= 4 is 37.3 Å². The van der Waals surface area contributed by atoms with Gasteiger partial charge in [0.25, 0.3) is 0 Å². The summed E-state index contributed by atoms with van der Waals surface area (Å²) in [5, 5.41) is 0. The summed E-state index contributed by atoms with van der Waals surface area (Å²) in [7, 11) is -1.94. The van der Waals surface area contributed by atoms with Gasteiger partial charge in [0.1, 0.15) is 5.75 Å². The first-order valence-electron chi connectivity index (χ1n) is 9.91. The van der Waals surface area contributed by atoms with Crippen molar-refractivity contribution in [1.29, 1.82) is 0 Å². The van der Waals surface area contributed by atoms with E-state index in [1.54, 1.807) is 18.2 Å². The number of aryl methyl sites for hydroxylation is 2. The van der Waals surface area contributed by atoms with Crippen molar-refractivity contribution in [1.82, 2.24) is 4.57 Å². The van der Waals surface area contributed by atoms with E-state index in [1.165, 1.54) is 30.6 Å². The van der Waals surface area contributed by atoms with Crippen LogP contribution in [0.2, 0.25) is 0 Å². The van der Waals surface area contributed by atoms with Crippen molar-refractivity contribution in [3.8, 4) is 5.75 Å². The molecule has 3 rings (SSSR count). The van der Waals surface area contributed by atoms with Crippen LogP contribution in [0.5, 0.6) is 5.75 Å². The third kappa shape index (κ3) is 5.32. The standard InChI is InChI=1S/C23H26N2O4S2/c1-5-12-25-20-15-16(2)14-17(3)22(20)30-23(25)24-21(26)7-6-13-31(27,28)19-10-8-18(29-4)9-11-19/h5,8-11,14-15H,1,6-7,12-13H2,2-4H3. The molecule has 2 aromatic carbocycles. The average Bonchev–Trinajstić information content (AvgIpc) is 3.05. The van der Waals surface area contributed by atoms with Crippen LogP contribution in [0.25, 0.3) is 10.2 Å². The van der Waals surface area contributed by atoms with Crippen LogP contribution in [0.4, 0.5) is 0 Å². The molecule has 0 aliphatic rings. The lowest BCUT2D eigenvalue weighted by Gasteiger charge is -2.05. The number of methoxy groups -OCH3 is 1. The molecule has 0 aliphatic carbocycles. The summed E-state index contributed by atoms with van der Waals surface area (Å²) in [4.78, 5) is 17.6. The molecule has 0 fully saturated rings. The fourth-order valence-electron chi connectivity index (χ4n) is 3.38. The molecule has 0 unspecified atom stereocenters. The van der Waals surface area contributed by atoms with Gasteiger partial charge in [0.05, 0.1) is 28.0 Å². The van der Waals surface area contributed by atoms with Crippen LogP contribution in [-0.4, -0.2) is 31.8 Å². The summed E-state index contributed by atoms with van der Waals surface area (Å²) in [5.41, 5.74) is 3.30. The van der Waals surface area contributed by atoms with Crippen molar-refractivity contribution in [3.05, 3.63) is 65.0 Å². The SMILES string of the molecule is C=CCn1c(=NC(=O)CCCS(=O)(=O)c2ccc(OC)cc2)sc2c(C)cc(C)cc21. The maximum atomic E-state index is 12.5. The molecule has 0 spiro atoms. The van der Waals surface area contributed by atoms with Gasteiger partial charge < -0.3 is 9.30 Å². The Hall–Kier alpha value is -2.71. The second-order valence-corrected chi connectivity index (χ2v) is 10.4. The van der Waals surface area contributed by atoms with Crippen LogP contribution in [-0.2, 0) is 21.2 Å². The lowest BCUT2D eigenvalue weighted by molar-refractivity contribution is -0.118. The number of rotatable bonds is 8. The smallest absolute Gasteiger partial charge is 0.248 e. The number of carbonyl (C=O) groups excluding carboxylic acids is 1. The Morgan fingerprint density at radius 2 is 1.94 bits per heavy atom. The second-order valence-electron chi connectivity index (χ2n) is 7.32. The first kappa shape index (κ1) is 23.0. The van der Waals surface area contributed by atoms with Gasteiger partial charge in [-0.05, 0) is 61.7 Å². The Labute approximate surface area is 186 Å². The van der Waals surface area contributed by atoms with E-state index in [0.29, 0.717) is 17.1 Å². The molecule has 3 aromatic rings. The van der Waals surface area contributed by atoms with Crippen molar-refractivity contribution in [2.75, 3.05) is 12.9 Å². The molecule has 0 bridgehead atoms. The third-order valence-electron chi connectivity index (χ3n) is 4.87. The fraction of sp³-hybridized carbons (Fsp3) is 0.304. The van der Waals surface area contributed by atoms with Crippen molar-refractivity contribution in [3.63, 3.8) is 0 Å². The van der Waals surface area contributed by atoms with Gasteiger partial charge in [0.15, 0.2) is 14.6 Å². The molecule has 0 radical (unpaired) electrons. The molecular formula is C23H26N2O4S2. The van der Waals surface area contributed by atoms with Gasteiger partial charge in [-0.25, -0.2) is 8.42 Å². The number of hydrogen-bond donors (Lipinski definition) is 0. The number of carbonyl (C=O) groups is 1. The average molecular weight is 459 g/mol. The number of nitrogens with zero attached hydrogens (tertiary/aromatic N) is 2. The molecule has 1 aromatic heterocycles. The normalized spacial score (nSPS) is 12.3. The lowest BCUT2D eigenvalue weighted by atomic mass is 10.1. The molecule has 0 saturated carbocycles. The maximum Gasteiger partial charge on any atom is 0.248 e. The monoisotopic (exact) mass is 458 g/mol. The Kier molecular flexibility index (Phi) is 7.12. The van der Waals surface area contributed by atoms with E-state index in [1.807, 2.05) is 18.4 Å². The Balaban J connectivity index is 1.76. The van der Waals surface area contributed by atoms with Crippen LogP contribution in [0.3, 0.4) is 0 Å². The first-order valence-corrected chi connectivity index (χ1v) is 12.4. The molecule has 1 heterocycles. The Bertz CT molecular complexity index is 1280. The molecule has 1 amide bonds. The summed E-state index contributed by atoms with van der Waals surface area (Å²) in [6, 6.07) is 10.4. The third-order valence-corrected chi connectivity index (χ3v) is 7.91. The first-order chi connectivity index (χ1) is 14.7. The predicted octanol–water partition coefficient (Wildman–Crippen LogP) is 4.20.